The first-order valence-corrected chi connectivity index (χ1v) is 7.61. The zero-order valence-corrected chi connectivity index (χ0v) is 12.3. The molecule has 2 rings (SSSR count). The van der Waals surface area contributed by atoms with E-state index in [2.05, 4.69) is 10.3 Å². The minimum absolute atomic E-state index is 0.277. The van der Waals surface area contributed by atoms with E-state index < -0.39 is 10.0 Å². The Bertz CT molecular complexity index is 672. The summed E-state index contributed by atoms with van der Waals surface area (Å²) < 4.78 is 26.5. The second-order valence-electron chi connectivity index (χ2n) is 4.36. The van der Waals surface area contributed by atoms with Crippen LogP contribution in [-0.4, -0.2) is 31.8 Å². The third-order valence-electron chi connectivity index (χ3n) is 3.00. The van der Waals surface area contributed by atoms with Gasteiger partial charge in [0.25, 0.3) is 0 Å². The molecule has 6 heteroatoms. The van der Waals surface area contributed by atoms with Crippen LogP contribution in [0.25, 0.3) is 0 Å². The molecule has 0 saturated heterocycles. The van der Waals surface area contributed by atoms with Crippen LogP contribution in [0.4, 0.5) is 5.69 Å². The Kier molecular flexibility index (Phi) is 4.36. The molecule has 1 aromatic heterocycles. The molecule has 1 heterocycles. The van der Waals surface area contributed by atoms with Gasteiger partial charge >= 0.3 is 0 Å². The third-order valence-corrected chi connectivity index (χ3v) is 4.86. The molecule has 5 nitrogen and oxygen atoms in total. The lowest BCUT2D eigenvalue weighted by atomic mass is 10.3. The summed E-state index contributed by atoms with van der Waals surface area (Å²) in [6.07, 6.45) is 3.30. The topological polar surface area (TPSA) is 62.3 Å². The zero-order chi connectivity index (χ0) is 14.6. The van der Waals surface area contributed by atoms with Crippen molar-refractivity contribution in [2.45, 2.75) is 11.4 Å². The van der Waals surface area contributed by atoms with E-state index in [0.717, 1.165) is 5.56 Å². The molecule has 1 N–H and O–H groups in total. The van der Waals surface area contributed by atoms with E-state index in [-0.39, 0.29) is 4.90 Å². The monoisotopic (exact) mass is 291 g/mol. The fraction of sp³-hybridized carbons (Fsp3) is 0.214. The van der Waals surface area contributed by atoms with Gasteiger partial charge in [0, 0.05) is 33.0 Å². The second kappa shape index (κ2) is 6.02. The molecule has 0 aliphatic heterocycles. The molecule has 106 valence electrons. The first kappa shape index (κ1) is 14.5. The van der Waals surface area contributed by atoms with Gasteiger partial charge < -0.3 is 5.32 Å². The SMILES string of the molecule is CNc1ccccc1S(=O)(=O)N(C)Cc1ccncc1. The number of para-hydroxylation sites is 1. The number of hydrogen-bond donors (Lipinski definition) is 1. The minimum atomic E-state index is -3.53. The van der Waals surface area contributed by atoms with Crippen molar-refractivity contribution in [2.24, 2.45) is 0 Å². The lowest BCUT2D eigenvalue weighted by molar-refractivity contribution is 0.467. The first-order chi connectivity index (χ1) is 9.55. The van der Waals surface area contributed by atoms with Gasteiger partial charge in [0.1, 0.15) is 4.90 Å². The molecule has 0 saturated carbocycles. The summed E-state index contributed by atoms with van der Waals surface area (Å²) >= 11 is 0. The van der Waals surface area contributed by atoms with Crippen molar-refractivity contribution in [2.75, 3.05) is 19.4 Å². The van der Waals surface area contributed by atoms with Crippen molar-refractivity contribution in [3.8, 4) is 0 Å². The lowest BCUT2D eigenvalue weighted by Crippen LogP contribution is -2.27. The van der Waals surface area contributed by atoms with E-state index in [1.165, 1.54) is 4.31 Å². The van der Waals surface area contributed by atoms with Crippen LogP contribution in [0, 0.1) is 0 Å². The molecular weight excluding hydrogens is 274 g/mol. The van der Waals surface area contributed by atoms with Crippen molar-refractivity contribution < 1.29 is 8.42 Å². The van der Waals surface area contributed by atoms with E-state index in [9.17, 15) is 8.42 Å². The number of anilines is 1. The first-order valence-electron chi connectivity index (χ1n) is 6.17. The Hall–Kier alpha value is -1.92. The van der Waals surface area contributed by atoms with E-state index in [1.807, 2.05) is 0 Å². The average molecular weight is 291 g/mol. The van der Waals surface area contributed by atoms with Crippen molar-refractivity contribution in [3.63, 3.8) is 0 Å². The molecule has 0 amide bonds. The molecule has 0 aliphatic rings. The van der Waals surface area contributed by atoms with Gasteiger partial charge in [-0.15, -0.1) is 0 Å². The Balaban J connectivity index is 2.30. The Labute approximate surface area is 119 Å². The fourth-order valence-corrected chi connectivity index (χ4v) is 3.25. The highest BCUT2D eigenvalue weighted by Gasteiger charge is 2.23. The lowest BCUT2D eigenvalue weighted by Gasteiger charge is -2.19. The van der Waals surface area contributed by atoms with Gasteiger partial charge in [-0.25, -0.2) is 8.42 Å². The van der Waals surface area contributed by atoms with Crippen LogP contribution in [-0.2, 0) is 16.6 Å². The van der Waals surface area contributed by atoms with Gasteiger partial charge in [0.05, 0.1) is 5.69 Å². The summed E-state index contributed by atoms with van der Waals surface area (Å²) in [6, 6.07) is 10.5. The van der Waals surface area contributed by atoms with Crippen LogP contribution >= 0.6 is 0 Å². The van der Waals surface area contributed by atoms with E-state index >= 15 is 0 Å². The summed E-state index contributed by atoms with van der Waals surface area (Å²) in [5.41, 5.74) is 1.49. The maximum absolute atomic E-state index is 12.6. The summed E-state index contributed by atoms with van der Waals surface area (Å²) in [5, 5.41) is 2.90. The molecule has 0 radical (unpaired) electrons. The van der Waals surface area contributed by atoms with Crippen LogP contribution < -0.4 is 5.32 Å². The maximum atomic E-state index is 12.6. The summed E-state index contributed by atoms with van der Waals surface area (Å²) in [6.45, 7) is 0.308. The van der Waals surface area contributed by atoms with Gasteiger partial charge in [0.2, 0.25) is 10.0 Å². The van der Waals surface area contributed by atoms with Crippen LogP contribution in [0.5, 0.6) is 0 Å². The Morgan fingerprint density at radius 2 is 1.80 bits per heavy atom. The van der Waals surface area contributed by atoms with Crippen molar-refractivity contribution in [1.29, 1.82) is 0 Å². The number of sulfonamides is 1. The van der Waals surface area contributed by atoms with Crippen LogP contribution in [0.15, 0.2) is 53.7 Å². The zero-order valence-electron chi connectivity index (χ0n) is 11.4. The molecule has 0 unspecified atom stereocenters. The minimum Gasteiger partial charge on any atom is -0.387 e. The molecule has 20 heavy (non-hydrogen) atoms. The van der Waals surface area contributed by atoms with Crippen LogP contribution in [0.3, 0.4) is 0 Å². The molecule has 0 bridgehead atoms. The number of hydrogen-bond acceptors (Lipinski definition) is 4. The van der Waals surface area contributed by atoms with Crippen molar-refractivity contribution >= 4 is 15.7 Å². The number of benzene rings is 1. The number of nitrogens with zero attached hydrogens (tertiary/aromatic N) is 2. The predicted molar refractivity (Wildman–Crippen MR) is 78.9 cm³/mol. The molecule has 2 aromatic rings. The van der Waals surface area contributed by atoms with Crippen molar-refractivity contribution in [3.05, 3.63) is 54.4 Å². The van der Waals surface area contributed by atoms with E-state index in [4.69, 9.17) is 0 Å². The van der Waals surface area contributed by atoms with Gasteiger partial charge in [-0.3, -0.25) is 4.98 Å². The van der Waals surface area contributed by atoms with Crippen LogP contribution in [0.2, 0.25) is 0 Å². The number of aromatic nitrogens is 1. The van der Waals surface area contributed by atoms with Crippen molar-refractivity contribution in [1.82, 2.24) is 9.29 Å². The highest BCUT2D eigenvalue weighted by atomic mass is 32.2. The predicted octanol–water partition coefficient (Wildman–Crippen LogP) is 1.94. The smallest absolute Gasteiger partial charge is 0.245 e. The highest BCUT2D eigenvalue weighted by Crippen LogP contribution is 2.24. The number of pyridine rings is 1. The van der Waals surface area contributed by atoms with Gasteiger partial charge in [-0.1, -0.05) is 12.1 Å². The normalized spacial score (nSPS) is 11.6. The van der Waals surface area contributed by atoms with Crippen LogP contribution in [0.1, 0.15) is 5.56 Å². The second-order valence-corrected chi connectivity index (χ2v) is 6.38. The molecule has 0 atom stereocenters. The quantitative estimate of drug-likeness (QED) is 0.914. The molecular formula is C14H17N3O2S. The summed E-state index contributed by atoms with van der Waals surface area (Å²) in [7, 11) is -0.252. The standard InChI is InChI=1S/C14H17N3O2S/c1-15-13-5-3-4-6-14(13)20(18,19)17(2)11-12-7-9-16-10-8-12/h3-10,15H,11H2,1-2H3. The largest absolute Gasteiger partial charge is 0.387 e. The van der Waals surface area contributed by atoms with Gasteiger partial charge in [-0.05, 0) is 29.8 Å². The highest BCUT2D eigenvalue weighted by molar-refractivity contribution is 7.89. The summed E-state index contributed by atoms with van der Waals surface area (Å²) in [4.78, 5) is 4.20. The average Bonchev–Trinajstić information content (AvgIpc) is 2.48. The molecule has 0 spiro atoms. The molecule has 0 fully saturated rings. The summed E-state index contributed by atoms with van der Waals surface area (Å²) in [5.74, 6) is 0. The fourth-order valence-electron chi connectivity index (χ4n) is 1.90. The van der Waals surface area contributed by atoms with Gasteiger partial charge in [-0.2, -0.15) is 4.31 Å². The van der Waals surface area contributed by atoms with E-state index in [0.29, 0.717) is 12.2 Å². The van der Waals surface area contributed by atoms with E-state index in [1.54, 1.807) is 62.9 Å². The molecule has 0 aliphatic carbocycles. The Morgan fingerprint density at radius 1 is 1.15 bits per heavy atom. The Morgan fingerprint density at radius 3 is 2.45 bits per heavy atom. The maximum Gasteiger partial charge on any atom is 0.245 e. The van der Waals surface area contributed by atoms with Gasteiger partial charge in [0.15, 0.2) is 0 Å². The third kappa shape index (κ3) is 2.97. The number of rotatable bonds is 5. The number of nitrogens with one attached hydrogen (secondary N) is 1. The molecule has 1 aromatic carbocycles.